The largest absolute Gasteiger partial charge is 0.276 e. The van der Waals surface area contributed by atoms with E-state index in [0.29, 0.717) is 17.3 Å². The quantitative estimate of drug-likeness (QED) is 0.763. The van der Waals surface area contributed by atoms with Gasteiger partial charge in [0.15, 0.2) is 0 Å². The summed E-state index contributed by atoms with van der Waals surface area (Å²) >= 11 is 6.11. The highest BCUT2D eigenvalue weighted by atomic mass is 35.5. The molecule has 0 unspecified atom stereocenters. The van der Waals surface area contributed by atoms with Gasteiger partial charge in [-0.2, -0.15) is 10.2 Å². The van der Waals surface area contributed by atoms with Crippen LogP contribution in [0.5, 0.6) is 0 Å². The Morgan fingerprint density at radius 1 is 1.17 bits per heavy atom. The van der Waals surface area contributed by atoms with Crippen molar-refractivity contribution >= 4 is 27.3 Å². The molecule has 7 nitrogen and oxygen atoms in total. The number of hydrogen-bond acceptors (Lipinski definition) is 4. The minimum absolute atomic E-state index is 0.0962. The van der Waals surface area contributed by atoms with E-state index >= 15 is 0 Å². The van der Waals surface area contributed by atoms with Crippen LogP contribution in [0, 0.1) is 0 Å². The summed E-state index contributed by atoms with van der Waals surface area (Å²) in [6.45, 7) is 0.453. The van der Waals surface area contributed by atoms with Crippen LogP contribution in [-0.2, 0) is 23.6 Å². The van der Waals surface area contributed by atoms with Crippen molar-refractivity contribution < 1.29 is 8.42 Å². The van der Waals surface area contributed by atoms with Crippen molar-refractivity contribution in [3.05, 3.63) is 59.6 Å². The van der Waals surface area contributed by atoms with E-state index in [1.807, 2.05) is 18.2 Å². The summed E-state index contributed by atoms with van der Waals surface area (Å²) in [7, 11) is -2.02. The lowest BCUT2D eigenvalue weighted by Gasteiger charge is -2.04. The first-order valence-electron chi connectivity index (χ1n) is 6.71. The molecule has 0 aliphatic carbocycles. The molecule has 1 aromatic carbocycles. The summed E-state index contributed by atoms with van der Waals surface area (Å²) in [5, 5.41) is 8.64. The maximum atomic E-state index is 12.2. The normalized spacial score (nSPS) is 11.6. The molecule has 2 heterocycles. The Labute approximate surface area is 138 Å². The number of rotatable bonds is 5. The van der Waals surface area contributed by atoms with Crippen LogP contribution >= 0.6 is 11.6 Å². The third kappa shape index (κ3) is 3.54. The van der Waals surface area contributed by atoms with Gasteiger partial charge in [0.25, 0.3) is 10.0 Å². The lowest BCUT2D eigenvalue weighted by molar-refractivity contribution is 0.601. The maximum absolute atomic E-state index is 12.2. The van der Waals surface area contributed by atoms with Gasteiger partial charge in [-0.15, -0.1) is 0 Å². The van der Waals surface area contributed by atoms with Crippen LogP contribution in [0.15, 0.2) is 53.9 Å². The van der Waals surface area contributed by atoms with E-state index in [9.17, 15) is 8.42 Å². The van der Waals surface area contributed by atoms with E-state index in [0.717, 1.165) is 5.56 Å². The number of nitrogens with one attached hydrogen (secondary N) is 1. The van der Waals surface area contributed by atoms with Gasteiger partial charge in [0.05, 0.1) is 24.6 Å². The fourth-order valence-corrected chi connectivity index (χ4v) is 3.26. The first kappa shape index (κ1) is 15.6. The van der Waals surface area contributed by atoms with Crippen LogP contribution in [-0.4, -0.2) is 28.0 Å². The number of aryl methyl sites for hydroxylation is 1. The van der Waals surface area contributed by atoms with Crippen LogP contribution in [0.25, 0.3) is 0 Å². The highest BCUT2D eigenvalue weighted by Gasteiger charge is 2.17. The number of hydrogen-bond donors (Lipinski definition) is 1. The molecular formula is C14H14ClN5O2S. The van der Waals surface area contributed by atoms with Crippen LogP contribution < -0.4 is 4.72 Å². The van der Waals surface area contributed by atoms with Crippen LogP contribution in [0.4, 0.5) is 5.69 Å². The molecule has 120 valence electrons. The second-order valence-corrected chi connectivity index (χ2v) is 7.06. The van der Waals surface area contributed by atoms with Gasteiger partial charge in [-0.3, -0.25) is 14.1 Å². The number of anilines is 1. The summed E-state index contributed by atoms with van der Waals surface area (Å²) in [5.74, 6) is 0. The Bertz CT molecular complexity index is 932. The second-order valence-electron chi connectivity index (χ2n) is 4.97. The monoisotopic (exact) mass is 351 g/mol. The summed E-state index contributed by atoms with van der Waals surface area (Å²) in [4.78, 5) is 0.0962. The molecule has 0 aliphatic heterocycles. The molecule has 0 saturated heterocycles. The Hall–Kier alpha value is -2.32. The Balaban J connectivity index is 1.76. The number of aromatic nitrogens is 4. The zero-order valence-electron chi connectivity index (χ0n) is 12.2. The van der Waals surface area contributed by atoms with E-state index in [1.54, 1.807) is 24.0 Å². The first-order chi connectivity index (χ1) is 10.9. The molecule has 0 radical (unpaired) electrons. The smallest absolute Gasteiger partial charge is 0.265 e. The number of nitrogens with zero attached hydrogens (tertiary/aromatic N) is 4. The highest BCUT2D eigenvalue weighted by Crippen LogP contribution is 2.18. The van der Waals surface area contributed by atoms with E-state index in [-0.39, 0.29) is 4.90 Å². The van der Waals surface area contributed by atoms with Gasteiger partial charge in [0, 0.05) is 24.5 Å². The van der Waals surface area contributed by atoms with Crippen molar-refractivity contribution in [1.82, 2.24) is 19.6 Å². The molecule has 3 aromatic rings. The van der Waals surface area contributed by atoms with Crippen molar-refractivity contribution in [1.29, 1.82) is 0 Å². The van der Waals surface area contributed by atoms with Gasteiger partial charge in [-0.25, -0.2) is 8.42 Å². The summed E-state index contributed by atoms with van der Waals surface area (Å²) in [6, 6.07) is 7.43. The van der Waals surface area contributed by atoms with Gasteiger partial charge >= 0.3 is 0 Å². The first-order valence-corrected chi connectivity index (χ1v) is 8.57. The molecule has 3 rings (SSSR count). The van der Waals surface area contributed by atoms with Crippen LogP contribution in [0.3, 0.4) is 0 Å². The Kier molecular flexibility index (Phi) is 4.10. The molecule has 0 amide bonds. The minimum Gasteiger partial charge on any atom is -0.276 e. The SMILES string of the molecule is Cn1cc(S(=O)(=O)Nc2cnn(Cc3ccccc3Cl)c2)cn1. The molecule has 1 N–H and O–H groups in total. The van der Waals surface area contributed by atoms with Gasteiger partial charge in [-0.05, 0) is 11.6 Å². The minimum atomic E-state index is -3.67. The second kappa shape index (κ2) is 6.05. The predicted octanol–water partition coefficient (Wildman–Crippen LogP) is 2.12. The van der Waals surface area contributed by atoms with E-state index < -0.39 is 10.0 Å². The Morgan fingerprint density at radius 3 is 2.65 bits per heavy atom. The van der Waals surface area contributed by atoms with Crippen molar-refractivity contribution in [3.8, 4) is 0 Å². The molecule has 2 aromatic heterocycles. The number of halogens is 1. The molecule has 23 heavy (non-hydrogen) atoms. The number of sulfonamides is 1. The van der Waals surface area contributed by atoms with Gasteiger partial charge < -0.3 is 0 Å². The van der Waals surface area contributed by atoms with E-state index in [4.69, 9.17) is 11.6 Å². The van der Waals surface area contributed by atoms with Crippen molar-refractivity contribution in [2.75, 3.05) is 4.72 Å². The molecule has 0 fully saturated rings. The average Bonchev–Trinajstić information content (AvgIpc) is 3.11. The van der Waals surface area contributed by atoms with E-state index in [1.165, 1.54) is 23.3 Å². The molecule has 0 aliphatic rings. The van der Waals surface area contributed by atoms with Crippen LogP contribution in [0.1, 0.15) is 5.56 Å². The zero-order valence-corrected chi connectivity index (χ0v) is 13.8. The van der Waals surface area contributed by atoms with Crippen molar-refractivity contribution in [3.63, 3.8) is 0 Å². The Morgan fingerprint density at radius 2 is 1.96 bits per heavy atom. The molecule has 0 spiro atoms. The van der Waals surface area contributed by atoms with Crippen molar-refractivity contribution in [2.45, 2.75) is 11.4 Å². The number of benzene rings is 1. The highest BCUT2D eigenvalue weighted by molar-refractivity contribution is 7.92. The molecule has 0 saturated carbocycles. The third-order valence-corrected chi connectivity index (χ3v) is 4.87. The molecule has 9 heteroatoms. The standard InChI is InChI=1S/C14H14ClN5O2S/c1-19-10-13(7-16-19)23(21,22)18-12-6-17-20(9-12)8-11-4-2-3-5-14(11)15/h2-7,9-10,18H,8H2,1H3. The molecular weight excluding hydrogens is 338 g/mol. The van der Waals surface area contributed by atoms with Gasteiger partial charge in [-0.1, -0.05) is 29.8 Å². The van der Waals surface area contributed by atoms with Crippen molar-refractivity contribution in [2.24, 2.45) is 7.05 Å². The summed E-state index contributed by atoms with van der Waals surface area (Å²) < 4.78 is 29.9. The van der Waals surface area contributed by atoms with E-state index in [2.05, 4.69) is 14.9 Å². The fourth-order valence-electron chi connectivity index (χ4n) is 2.06. The zero-order chi connectivity index (χ0) is 16.4. The third-order valence-electron chi connectivity index (χ3n) is 3.17. The lowest BCUT2D eigenvalue weighted by atomic mass is 10.2. The van der Waals surface area contributed by atoms with Crippen LogP contribution in [0.2, 0.25) is 5.02 Å². The lowest BCUT2D eigenvalue weighted by Crippen LogP contribution is -2.11. The molecule has 0 bridgehead atoms. The van der Waals surface area contributed by atoms with Gasteiger partial charge in [0.2, 0.25) is 0 Å². The van der Waals surface area contributed by atoms with Gasteiger partial charge in [0.1, 0.15) is 4.90 Å². The summed E-state index contributed by atoms with van der Waals surface area (Å²) in [5.41, 5.74) is 1.28. The average molecular weight is 352 g/mol. The predicted molar refractivity (Wildman–Crippen MR) is 86.8 cm³/mol. The fraction of sp³-hybridized carbons (Fsp3) is 0.143. The topological polar surface area (TPSA) is 81.8 Å². The maximum Gasteiger partial charge on any atom is 0.265 e. The summed E-state index contributed by atoms with van der Waals surface area (Å²) in [6.07, 6.45) is 5.77. The molecule has 0 atom stereocenters.